The van der Waals surface area contributed by atoms with Crippen LogP contribution in [0.1, 0.15) is 5.56 Å². The summed E-state index contributed by atoms with van der Waals surface area (Å²) in [7, 11) is 0. The molecule has 0 bridgehead atoms. The molecule has 0 unspecified atom stereocenters. The average Bonchev–Trinajstić information content (AvgIpc) is 3.37. The fourth-order valence-corrected chi connectivity index (χ4v) is 3.69. The monoisotopic (exact) mass is 430 g/mol. The standard InChI is InChI=1S/C12H10N4S.C5H2Cl2N4/c1-2-4-9(5-3-1)6-17-12-10-11(14-7-13-10)15-8-16-12;6-3-2-4(9-1-8-2)11-5(7)10-3/h1-5,7-8H,6H2,(H,13,14,15,16);1H,(H,8,9,10,11). The first-order valence-corrected chi connectivity index (χ1v) is 9.78. The van der Waals surface area contributed by atoms with E-state index in [0.717, 1.165) is 21.9 Å². The predicted molar refractivity (Wildman–Crippen MR) is 109 cm³/mol. The second-order valence-electron chi connectivity index (χ2n) is 5.44. The lowest BCUT2D eigenvalue weighted by Gasteiger charge is -2.01. The molecule has 0 amide bonds. The van der Waals surface area contributed by atoms with Gasteiger partial charge in [0.2, 0.25) is 5.28 Å². The summed E-state index contributed by atoms with van der Waals surface area (Å²) in [5.74, 6) is 0.895. The molecule has 0 aliphatic heterocycles. The van der Waals surface area contributed by atoms with Gasteiger partial charge >= 0.3 is 0 Å². The fraction of sp³-hybridized carbons (Fsp3) is 0.0588. The van der Waals surface area contributed by atoms with Crippen molar-refractivity contribution < 1.29 is 0 Å². The van der Waals surface area contributed by atoms with Crippen LogP contribution in [0.4, 0.5) is 0 Å². The number of aromatic nitrogens is 8. The Morgan fingerprint density at radius 2 is 1.57 bits per heavy atom. The van der Waals surface area contributed by atoms with Crippen LogP contribution >= 0.6 is 35.0 Å². The number of nitrogens with zero attached hydrogens (tertiary/aromatic N) is 6. The van der Waals surface area contributed by atoms with E-state index in [1.807, 2.05) is 18.2 Å². The molecule has 5 aromatic rings. The van der Waals surface area contributed by atoms with Crippen molar-refractivity contribution in [1.82, 2.24) is 39.9 Å². The Morgan fingerprint density at radius 1 is 0.821 bits per heavy atom. The maximum absolute atomic E-state index is 5.70. The molecular formula is C17H12Cl2N8S. The summed E-state index contributed by atoms with van der Waals surface area (Å²) in [6, 6.07) is 10.3. The molecule has 0 atom stereocenters. The highest BCUT2D eigenvalue weighted by atomic mass is 35.5. The van der Waals surface area contributed by atoms with Crippen LogP contribution in [-0.2, 0) is 5.75 Å². The Morgan fingerprint density at radius 3 is 2.39 bits per heavy atom. The fourth-order valence-electron chi connectivity index (χ4n) is 2.35. The van der Waals surface area contributed by atoms with Crippen molar-refractivity contribution in [3.05, 3.63) is 65.3 Å². The first-order chi connectivity index (χ1) is 13.7. The van der Waals surface area contributed by atoms with E-state index < -0.39 is 0 Å². The Hall–Kier alpha value is -2.75. The average molecular weight is 431 g/mol. The van der Waals surface area contributed by atoms with E-state index in [-0.39, 0.29) is 10.4 Å². The van der Waals surface area contributed by atoms with Crippen molar-refractivity contribution in [2.45, 2.75) is 10.8 Å². The molecule has 28 heavy (non-hydrogen) atoms. The molecule has 0 spiro atoms. The Bertz CT molecular complexity index is 1210. The predicted octanol–water partition coefficient (Wildman–Crippen LogP) is 4.30. The van der Waals surface area contributed by atoms with Crippen LogP contribution in [0.15, 0.2) is 54.3 Å². The highest BCUT2D eigenvalue weighted by Gasteiger charge is 2.06. The van der Waals surface area contributed by atoms with Crippen molar-refractivity contribution in [3.8, 4) is 0 Å². The third-order valence-corrected chi connectivity index (χ3v) is 5.12. The number of H-pyrrole nitrogens is 2. The van der Waals surface area contributed by atoms with E-state index in [0.29, 0.717) is 11.2 Å². The minimum absolute atomic E-state index is 0.106. The number of fused-ring (bicyclic) bond motifs is 2. The van der Waals surface area contributed by atoms with Gasteiger partial charge in [-0.2, -0.15) is 4.98 Å². The maximum Gasteiger partial charge on any atom is 0.225 e. The zero-order chi connectivity index (χ0) is 19.3. The lowest BCUT2D eigenvalue weighted by Crippen LogP contribution is -1.87. The van der Waals surface area contributed by atoms with Crippen molar-refractivity contribution in [2.75, 3.05) is 0 Å². The molecule has 2 N–H and O–H groups in total. The first-order valence-electron chi connectivity index (χ1n) is 8.03. The molecule has 11 heteroatoms. The topological polar surface area (TPSA) is 109 Å². The number of hydrogen-bond donors (Lipinski definition) is 2. The quantitative estimate of drug-likeness (QED) is 0.249. The van der Waals surface area contributed by atoms with Gasteiger partial charge in [0.1, 0.15) is 22.4 Å². The molecule has 0 radical (unpaired) electrons. The van der Waals surface area contributed by atoms with Crippen LogP contribution in [0.5, 0.6) is 0 Å². The lowest BCUT2D eigenvalue weighted by atomic mass is 10.2. The summed E-state index contributed by atoms with van der Waals surface area (Å²) in [5, 5.41) is 1.34. The molecule has 5 rings (SSSR count). The molecule has 1 aromatic carbocycles. The minimum atomic E-state index is 0.106. The summed E-state index contributed by atoms with van der Waals surface area (Å²) in [6.45, 7) is 0. The lowest BCUT2D eigenvalue weighted by molar-refractivity contribution is 1.08. The Kier molecular flexibility index (Phi) is 5.65. The van der Waals surface area contributed by atoms with Crippen molar-refractivity contribution >= 4 is 57.3 Å². The largest absolute Gasteiger partial charge is 0.341 e. The van der Waals surface area contributed by atoms with Crippen LogP contribution in [0.25, 0.3) is 22.3 Å². The molecule has 4 heterocycles. The zero-order valence-electron chi connectivity index (χ0n) is 14.2. The highest BCUT2D eigenvalue weighted by Crippen LogP contribution is 2.25. The molecule has 8 nitrogen and oxygen atoms in total. The molecule has 0 aliphatic carbocycles. The number of imidazole rings is 2. The van der Waals surface area contributed by atoms with E-state index in [4.69, 9.17) is 23.2 Å². The molecular weight excluding hydrogens is 419 g/mol. The van der Waals surface area contributed by atoms with Gasteiger partial charge in [0.15, 0.2) is 16.4 Å². The molecule has 0 aliphatic rings. The summed E-state index contributed by atoms with van der Waals surface area (Å²) >= 11 is 12.9. The van der Waals surface area contributed by atoms with Gasteiger partial charge in [-0.25, -0.2) is 24.9 Å². The number of rotatable bonds is 3. The molecule has 140 valence electrons. The van der Waals surface area contributed by atoms with Gasteiger partial charge in [-0.1, -0.05) is 53.7 Å². The number of aromatic amines is 2. The second-order valence-corrected chi connectivity index (χ2v) is 7.10. The van der Waals surface area contributed by atoms with Crippen molar-refractivity contribution in [1.29, 1.82) is 0 Å². The number of benzene rings is 1. The maximum atomic E-state index is 5.70. The molecule has 0 saturated carbocycles. The van der Waals surface area contributed by atoms with Gasteiger partial charge in [0.25, 0.3) is 0 Å². The van der Waals surface area contributed by atoms with Crippen LogP contribution < -0.4 is 0 Å². The van der Waals surface area contributed by atoms with Gasteiger partial charge in [0.05, 0.1) is 12.7 Å². The summed E-state index contributed by atoms with van der Waals surface area (Å²) in [4.78, 5) is 29.7. The molecule has 4 aromatic heterocycles. The van der Waals surface area contributed by atoms with Gasteiger partial charge in [-0.15, -0.1) is 0 Å². The molecule has 0 saturated heterocycles. The highest BCUT2D eigenvalue weighted by molar-refractivity contribution is 7.98. The SMILES string of the molecule is Clc1nc(Cl)c2[nH]cnc2n1.c1ccc(CSc2ncnc3nc[nH]c23)cc1. The van der Waals surface area contributed by atoms with Gasteiger partial charge < -0.3 is 9.97 Å². The number of hydrogen-bond acceptors (Lipinski definition) is 7. The van der Waals surface area contributed by atoms with Crippen LogP contribution in [0, 0.1) is 0 Å². The minimum Gasteiger partial charge on any atom is -0.341 e. The van der Waals surface area contributed by atoms with Gasteiger partial charge in [-0.05, 0) is 17.2 Å². The van der Waals surface area contributed by atoms with E-state index >= 15 is 0 Å². The van der Waals surface area contributed by atoms with Gasteiger partial charge in [-0.3, -0.25) is 0 Å². The number of thioether (sulfide) groups is 1. The van der Waals surface area contributed by atoms with Crippen LogP contribution in [-0.4, -0.2) is 39.9 Å². The van der Waals surface area contributed by atoms with Crippen LogP contribution in [0.2, 0.25) is 10.4 Å². The smallest absolute Gasteiger partial charge is 0.225 e. The van der Waals surface area contributed by atoms with E-state index in [1.54, 1.807) is 24.4 Å². The third kappa shape index (κ3) is 4.22. The molecule has 0 fully saturated rings. The summed E-state index contributed by atoms with van der Waals surface area (Å²) in [6.07, 6.45) is 4.68. The Labute approximate surface area is 173 Å². The van der Waals surface area contributed by atoms with E-state index in [1.165, 1.54) is 11.9 Å². The normalized spacial score (nSPS) is 10.8. The van der Waals surface area contributed by atoms with E-state index in [9.17, 15) is 0 Å². The number of halogens is 2. The van der Waals surface area contributed by atoms with Gasteiger partial charge in [0, 0.05) is 5.75 Å². The number of nitrogens with one attached hydrogen (secondary N) is 2. The summed E-state index contributed by atoms with van der Waals surface area (Å²) < 4.78 is 0. The van der Waals surface area contributed by atoms with Crippen molar-refractivity contribution in [2.24, 2.45) is 0 Å². The third-order valence-electron chi connectivity index (χ3n) is 3.62. The second kappa shape index (κ2) is 8.51. The van der Waals surface area contributed by atoms with Crippen molar-refractivity contribution in [3.63, 3.8) is 0 Å². The van der Waals surface area contributed by atoms with E-state index in [2.05, 4.69) is 52.0 Å². The van der Waals surface area contributed by atoms with Crippen LogP contribution in [0.3, 0.4) is 0 Å². The Balaban J connectivity index is 0.000000151. The zero-order valence-corrected chi connectivity index (χ0v) is 16.5. The first kappa shape index (κ1) is 18.6. The summed E-state index contributed by atoms with van der Waals surface area (Å²) in [5.41, 5.74) is 4.00.